The fourth-order valence-corrected chi connectivity index (χ4v) is 3.20. The van der Waals surface area contributed by atoms with Crippen LogP contribution in [0.25, 0.3) is 0 Å². The van der Waals surface area contributed by atoms with Gasteiger partial charge in [-0.05, 0) is 50.3 Å². The van der Waals surface area contributed by atoms with Gasteiger partial charge in [0.05, 0.1) is 0 Å². The third kappa shape index (κ3) is 12.6. The Balaban J connectivity index is 2.86. The van der Waals surface area contributed by atoms with E-state index in [-0.39, 0.29) is 43.9 Å². The first-order valence-corrected chi connectivity index (χ1v) is 12.4. The van der Waals surface area contributed by atoms with Crippen LogP contribution < -0.4 is 32.3 Å². The van der Waals surface area contributed by atoms with Gasteiger partial charge in [-0.2, -0.15) is 0 Å². The van der Waals surface area contributed by atoms with Gasteiger partial charge in [0.2, 0.25) is 17.7 Å². The second kappa shape index (κ2) is 16.0. The van der Waals surface area contributed by atoms with Crippen molar-refractivity contribution in [3.8, 4) is 0 Å². The lowest BCUT2D eigenvalue weighted by Gasteiger charge is -2.25. The van der Waals surface area contributed by atoms with E-state index in [0.717, 1.165) is 5.56 Å². The summed E-state index contributed by atoms with van der Waals surface area (Å²) in [5, 5.41) is 13.2. The number of carbonyl (C=O) groups excluding carboxylic acids is 5. The second-order valence-electron chi connectivity index (χ2n) is 9.20. The van der Waals surface area contributed by atoms with Crippen LogP contribution in [0.4, 0.5) is 15.3 Å². The van der Waals surface area contributed by atoms with E-state index in [2.05, 4.69) is 26.6 Å². The second-order valence-corrected chi connectivity index (χ2v) is 9.20. The number of urea groups is 1. The molecule has 0 heterocycles. The summed E-state index contributed by atoms with van der Waals surface area (Å²) in [5.41, 5.74) is 6.29. The van der Waals surface area contributed by atoms with Crippen molar-refractivity contribution in [1.29, 1.82) is 0 Å². The van der Waals surface area contributed by atoms with Crippen molar-refractivity contribution in [2.24, 2.45) is 11.7 Å². The van der Waals surface area contributed by atoms with Crippen LogP contribution in [0.2, 0.25) is 0 Å². The van der Waals surface area contributed by atoms with Crippen molar-refractivity contribution in [2.45, 2.75) is 78.6 Å². The molecule has 1 rings (SSSR count). The van der Waals surface area contributed by atoms with Crippen LogP contribution in [0.1, 0.15) is 59.4 Å². The van der Waals surface area contributed by atoms with Gasteiger partial charge in [0, 0.05) is 24.7 Å². The number of hydrogen-bond donors (Lipinski definition) is 6. The van der Waals surface area contributed by atoms with E-state index < -0.39 is 36.0 Å². The van der Waals surface area contributed by atoms with Gasteiger partial charge in [-0.3, -0.25) is 14.4 Å². The Kier molecular flexibility index (Phi) is 13.5. The first kappa shape index (κ1) is 31.2. The van der Waals surface area contributed by atoms with Gasteiger partial charge >= 0.3 is 12.1 Å². The number of anilines is 1. The Morgan fingerprint density at radius 2 is 1.57 bits per heavy atom. The molecule has 12 heteroatoms. The molecular weight excluding hydrogens is 480 g/mol. The number of nitrogens with two attached hydrogens (primary N) is 1. The lowest BCUT2D eigenvalue weighted by atomic mass is 10.0. The Bertz CT molecular complexity index is 919. The maximum absolute atomic E-state index is 13.0. The monoisotopic (exact) mass is 520 g/mol. The number of nitrogens with one attached hydrogen (secondary N) is 5. The van der Waals surface area contributed by atoms with E-state index in [9.17, 15) is 24.0 Å². The zero-order chi connectivity index (χ0) is 28.0. The molecule has 0 radical (unpaired) electrons. The molecule has 0 aromatic heterocycles. The molecule has 37 heavy (non-hydrogen) atoms. The van der Waals surface area contributed by atoms with Crippen LogP contribution in [0.5, 0.6) is 0 Å². The first-order valence-electron chi connectivity index (χ1n) is 12.4. The van der Waals surface area contributed by atoms with E-state index >= 15 is 0 Å². The highest BCUT2D eigenvalue weighted by Gasteiger charge is 2.28. The number of primary amides is 1. The van der Waals surface area contributed by atoms with Crippen LogP contribution in [-0.2, 0) is 25.7 Å². The predicted molar refractivity (Wildman–Crippen MR) is 139 cm³/mol. The summed E-state index contributed by atoms with van der Waals surface area (Å²) >= 11 is 0. The molecule has 12 nitrogen and oxygen atoms in total. The quantitative estimate of drug-likeness (QED) is 0.203. The fourth-order valence-electron chi connectivity index (χ4n) is 3.20. The van der Waals surface area contributed by atoms with Crippen molar-refractivity contribution in [3.05, 3.63) is 29.8 Å². The molecule has 1 aromatic carbocycles. The summed E-state index contributed by atoms with van der Waals surface area (Å²) in [5.74, 6) is -1.41. The third-order valence-electron chi connectivity index (χ3n) is 5.19. The summed E-state index contributed by atoms with van der Waals surface area (Å²) in [6.07, 6.45) is 0.305. The van der Waals surface area contributed by atoms with Crippen LogP contribution in [0.15, 0.2) is 24.3 Å². The van der Waals surface area contributed by atoms with E-state index in [1.54, 1.807) is 45.0 Å². The van der Waals surface area contributed by atoms with Crippen LogP contribution in [0, 0.1) is 5.92 Å². The highest BCUT2D eigenvalue weighted by Crippen LogP contribution is 2.13. The number of hydrogen-bond acceptors (Lipinski definition) is 6. The number of carbonyl (C=O) groups is 5. The highest BCUT2D eigenvalue weighted by atomic mass is 16.5. The zero-order valence-corrected chi connectivity index (χ0v) is 22.2. The smallest absolute Gasteiger partial charge is 0.407 e. The highest BCUT2D eigenvalue weighted by molar-refractivity contribution is 5.98. The van der Waals surface area contributed by atoms with E-state index in [1.807, 2.05) is 13.8 Å². The molecule has 6 amide bonds. The van der Waals surface area contributed by atoms with Crippen molar-refractivity contribution in [2.75, 3.05) is 11.9 Å². The molecule has 206 valence electrons. The lowest BCUT2D eigenvalue weighted by molar-refractivity contribution is -0.132. The molecule has 7 N–H and O–H groups in total. The molecule has 0 bridgehead atoms. The molecule has 0 aliphatic rings. The SMILES string of the molecule is CCC(=O)N[C@H](C(=O)N[C@@H](CCCNC(N)=O)C(=O)Nc1ccc(COC(=O)NC(C)C)cc1)C(C)C. The fraction of sp³-hybridized carbons (Fsp3) is 0.560. The molecular formula is C25H40N6O6. The molecule has 0 aliphatic carbocycles. The van der Waals surface area contributed by atoms with Crippen LogP contribution in [-0.4, -0.2) is 54.5 Å². The van der Waals surface area contributed by atoms with Gasteiger partial charge in [0.1, 0.15) is 18.7 Å². The normalized spacial score (nSPS) is 12.3. The van der Waals surface area contributed by atoms with Crippen molar-refractivity contribution < 1.29 is 28.7 Å². The Morgan fingerprint density at radius 3 is 2.11 bits per heavy atom. The number of alkyl carbamates (subject to hydrolysis) is 1. The van der Waals surface area contributed by atoms with E-state index in [4.69, 9.17) is 10.5 Å². The summed E-state index contributed by atoms with van der Waals surface area (Å²) in [4.78, 5) is 60.4. The molecule has 0 unspecified atom stereocenters. The summed E-state index contributed by atoms with van der Waals surface area (Å²) in [6.45, 7) is 9.23. The number of amides is 6. The minimum absolute atomic E-state index is 0.0381. The molecule has 2 atom stereocenters. The topological polar surface area (TPSA) is 181 Å². The third-order valence-corrected chi connectivity index (χ3v) is 5.19. The maximum atomic E-state index is 13.0. The van der Waals surface area contributed by atoms with Crippen molar-refractivity contribution >= 4 is 35.5 Å². The summed E-state index contributed by atoms with van der Waals surface area (Å²) in [7, 11) is 0. The minimum Gasteiger partial charge on any atom is -0.445 e. The van der Waals surface area contributed by atoms with E-state index in [1.165, 1.54) is 0 Å². The van der Waals surface area contributed by atoms with Crippen molar-refractivity contribution in [3.63, 3.8) is 0 Å². The zero-order valence-electron chi connectivity index (χ0n) is 22.2. The molecule has 0 aliphatic heterocycles. The summed E-state index contributed by atoms with van der Waals surface area (Å²) < 4.78 is 5.14. The van der Waals surface area contributed by atoms with Crippen LogP contribution >= 0.6 is 0 Å². The van der Waals surface area contributed by atoms with Gasteiger partial charge in [-0.1, -0.05) is 32.9 Å². The maximum Gasteiger partial charge on any atom is 0.407 e. The average molecular weight is 521 g/mol. The van der Waals surface area contributed by atoms with Gasteiger partial charge in [0.15, 0.2) is 0 Å². The Hall–Kier alpha value is -3.83. The molecule has 0 saturated heterocycles. The van der Waals surface area contributed by atoms with Gasteiger partial charge in [0.25, 0.3) is 0 Å². The van der Waals surface area contributed by atoms with Crippen LogP contribution in [0.3, 0.4) is 0 Å². The number of ether oxygens (including phenoxy) is 1. The van der Waals surface area contributed by atoms with Gasteiger partial charge in [-0.15, -0.1) is 0 Å². The van der Waals surface area contributed by atoms with Gasteiger partial charge in [-0.25, -0.2) is 9.59 Å². The molecule has 0 fully saturated rings. The Labute approximate surface area is 217 Å². The van der Waals surface area contributed by atoms with E-state index in [0.29, 0.717) is 12.1 Å². The molecule has 0 spiro atoms. The molecule has 1 aromatic rings. The number of benzene rings is 1. The Morgan fingerprint density at radius 1 is 0.919 bits per heavy atom. The standard InChI is InChI=1S/C25H40N6O6/c1-6-20(32)31-21(15(2)3)23(34)30-19(8-7-13-27-24(26)35)22(33)29-18-11-9-17(10-12-18)14-37-25(36)28-16(4)5/h9-12,15-16,19,21H,6-8,13-14H2,1-5H3,(H,28,36)(H,29,33)(H,30,34)(H,31,32)(H3,26,27,35)/t19-,21-/m0/s1. The molecule has 0 saturated carbocycles. The summed E-state index contributed by atoms with van der Waals surface area (Å²) in [6, 6.07) is 4.27. The lowest BCUT2D eigenvalue weighted by Crippen LogP contribution is -2.54. The predicted octanol–water partition coefficient (Wildman–Crippen LogP) is 1.74. The largest absolute Gasteiger partial charge is 0.445 e. The average Bonchev–Trinajstić information content (AvgIpc) is 2.82. The van der Waals surface area contributed by atoms with Crippen molar-refractivity contribution in [1.82, 2.24) is 21.3 Å². The minimum atomic E-state index is -0.926. The number of rotatable bonds is 14. The van der Waals surface area contributed by atoms with Gasteiger partial charge < -0.3 is 37.1 Å². The first-order chi connectivity index (χ1) is 17.4.